The van der Waals surface area contributed by atoms with Gasteiger partial charge in [-0.2, -0.15) is 14.3 Å². The Kier molecular flexibility index (Phi) is 5.50. The van der Waals surface area contributed by atoms with E-state index >= 15 is 0 Å². The van der Waals surface area contributed by atoms with Crippen LogP contribution in [0.25, 0.3) is 0 Å². The first-order valence-electron chi connectivity index (χ1n) is 7.05. The number of rotatable bonds is 5. The van der Waals surface area contributed by atoms with E-state index in [2.05, 4.69) is 50.2 Å². The minimum Gasteiger partial charge on any atom is -0.241 e. The lowest BCUT2D eigenvalue weighted by molar-refractivity contribution is 0.640. The van der Waals surface area contributed by atoms with Crippen LogP contribution < -0.4 is 4.13 Å². The molecule has 0 aliphatic carbocycles. The molecule has 1 N–H and O–H groups in total. The summed E-state index contributed by atoms with van der Waals surface area (Å²) in [5.41, 5.74) is 1.11. The molecular weight excluding hydrogens is 286 g/mol. The maximum atomic E-state index is 12.9. The first kappa shape index (κ1) is 17.7. The molecule has 1 unspecified atom stereocenters. The van der Waals surface area contributed by atoms with Crippen LogP contribution >= 0.6 is 10.2 Å². The van der Waals surface area contributed by atoms with E-state index in [0.717, 1.165) is 11.3 Å². The Morgan fingerprint density at radius 1 is 1.10 bits per heavy atom. The largest absolute Gasteiger partial charge is 0.241 e. The minimum atomic E-state index is -1.13. The van der Waals surface area contributed by atoms with Crippen molar-refractivity contribution in [1.29, 1.82) is 0 Å². The Bertz CT molecular complexity index is 465. The highest BCUT2D eigenvalue weighted by Crippen LogP contribution is 2.53. The van der Waals surface area contributed by atoms with Crippen molar-refractivity contribution >= 4 is 21.2 Å². The highest BCUT2D eigenvalue weighted by molar-refractivity contribution is 8.36. The van der Waals surface area contributed by atoms with Crippen molar-refractivity contribution in [2.24, 2.45) is 0 Å². The highest BCUT2D eigenvalue weighted by Gasteiger charge is 2.37. The Balaban J connectivity index is 3.01. The normalized spacial score (nSPS) is 19.1. The fourth-order valence-electron chi connectivity index (χ4n) is 1.83. The van der Waals surface area contributed by atoms with Crippen LogP contribution in [0.1, 0.15) is 47.1 Å². The summed E-state index contributed by atoms with van der Waals surface area (Å²) >= 11 is 0. The van der Waals surface area contributed by atoms with E-state index in [-0.39, 0.29) is 4.75 Å². The van der Waals surface area contributed by atoms with Gasteiger partial charge in [-0.05, 0) is 31.4 Å². The van der Waals surface area contributed by atoms with Crippen molar-refractivity contribution in [2.45, 2.75) is 51.0 Å². The maximum Gasteiger partial charge on any atom is 0.110 e. The summed E-state index contributed by atoms with van der Waals surface area (Å²) in [6.07, 6.45) is 2.24. The topological polar surface area (TPSA) is 29.1 Å². The lowest BCUT2D eigenvalue weighted by Crippen LogP contribution is -2.42. The van der Waals surface area contributed by atoms with Gasteiger partial charge in [-0.15, -0.1) is 0 Å². The molecule has 0 saturated carbocycles. The van der Waals surface area contributed by atoms with Crippen LogP contribution in [0.15, 0.2) is 30.3 Å². The standard InChI is InChI=1S/C16H29NOS2/c1-8-20(7,15(2,3)4)17-19(18)16(5,6)14-12-10-9-11-13-14/h9-13,17H,8H2,1-7H3/t19-/m1/s1. The molecule has 0 aliphatic rings. The Labute approximate surface area is 128 Å². The summed E-state index contributed by atoms with van der Waals surface area (Å²) in [6.45, 7) is 13.0. The molecule has 0 saturated heterocycles. The van der Waals surface area contributed by atoms with E-state index in [9.17, 15) is 4.21 Å². The average molecular weight is 316 g/mol. The van der Waals surface area contributed by atoms with Gasteiger partial charge in [0.15, 0.2) is 0 Å². The van der Waals surface area contributed by atoms with Gasteiger partial charge >= 0.3 is 0 Å². The lowest BCUT2D eigenvalue weighted by Gasteiger charge is -2.48. The summed E-state index contributed by atoms with van der Waals surface area (Å²) in [5, 5.41) is 0. The minimum absolute atomic E-state index is 0.129. The number of nitrogens with one attached hydrogen (secondary N) is 1. The lowest BCUT2D eigenvalue weighted by atomic mass is 10.0. The van der Waals surface area contributed by atoms with Crippen LogP contribution in [-0.4, -0.2) is 21.0 Å². The van der Waals surface area contributed by atoms with Crippen molar-refractivity contribution in [3.8, 4) is 0 Å². The molecule has 1 aromatic rings. The first-order valence-corrected chi connectivity index (χ1v) is 10.4. The van der Waals surface area contributed by atoms with E-state index in [4.69, 9.17) is 0 Å². The quantitative estimate of drug-likeness (QED) is 0.860. The van der Waals surface area contributed by atoms with Crippen LogP contribution in [0.5, 0.6) is 0 Å². The zero-order valence-electron chi connectivity index (χ0n) is 13.8. The summed E-state index contributed by atoms with van der Waals surface area (Å²) < 4.78 is 16.1. The van der Waals surface area contributed by atoms with Gasteiger partial charge in [0.1, 0.15) is 11.0 Å². The van der Waals surface area contributed by atoms with Crippen LogP contribution in [0.2, 0.25) is 0 Å². The Hall–Kier alpha value is -0.320. The third-order valence-corrected chi connectivity index (χ3v) is 11.2. The molecule has 0 bridgehead atoms. The van der Waals surface area contributed by atoms with Gasteiger partial charge in [0.2, 0.25) is 0 Å². The number of hydrogen-bond donors (Lipinski definition) is 1. The fraction of sp³-hybridized carbons (Fsp3) is 0.625. The van der Waals surface area contributed by atoms with Crippen molar-refractivity contribution in [1.82, 2.24) is 4.13 Å². The van der Waals surface area contributed by atoms with Crippen LogP contribution in [0.3, 0.4) is 0 Å². The van der Waals surface area contributed by atoms with Gasteiger partial charge < -0.3 is 0 Å². The van der Waals surface area contributed by atoms with E-state index < -0.39 is 25.9 Å². The number of benzene rings is 1. The van der Waals surface area contributed by atoms with E-state index in [0.29, 0.717) is 0 Å². The van der Waals surface area contributed by atoms with Crippen LogP contribution in [-0.2, 0) is 15.7 Å². The zero-order valence-corrected chi connectivity index (χ0v) is 15.5. The number of hydrogen-bond acceptors (Lipinski definition) is 1. The maximum absolute atomic E-state index is 12.9. The monoisotopic (exact) mass is 315 g/mol. The fourth-order valence-corrected chi connectivity index (χ4v) is 6.69. The molecule has 0 heterocycles. The smallest absolute Gasteiger partial charge is 0.110 e. The van der Waals surface area contributed by atoms with E-state index in [1.807, 2.05) is 32.0 Å². The van der Waals surface area contributed by atoms with Crippen molar-refractivity contribution in [2.75, 3.05) is 12.0 Å². The summed E-state index contributed by atoms with van der Waals surface area (Å²) in [7, 11) is -2.24. The van der Waals surface area contributed by atoms with E-state index in [1.165, 1.54) is 0 Å². The molecular formula is C16H29NOS2. The second kappa shape index (κ2) is 6.20. The van der Waals surface area contributed by atoms with Crippen molar-refractivity contribution in [3.05, 3.63) is 35.9 Å². The van der Waals surface area contributed by atoms with Crippen LogP contribution in [0, 0.1) is 0 Å². The summed E-state index contributed by atoms with van der Waals surface area (Å²) in [6, 6.07) is 10.1. The van der Waals surface area contributed by atoms with Crippen molar-refractivity contribution in [3.63, 3.8) is 0 Å². The van der Waals surface area contributed by atoms with Crippen LogP contribution in [0.4, 0.5) is 0 Å². The molecule has 0 spiro atoms. The highest BCUT2D eigenvalue weighted by atomic mass is 32.3. The molecule has 0 radical (unpaired) electrons. The third kappa shape index (κ3) is 3.66. The Morgan fingerprint density at radius 2 is 1.60 bits per heavy atom. The predicted molar refractivity (Wildman–Crippen MR) is 94.6 cm³/mol. The van der Waals surface area contributed by atoms with Gasteiger partial charge in [-0.25, -0.2) is 4.21 Å². The predicted octanol–water partition coefficient (Wildman–Crippen LogP) is 4.34. The molecule has 1 aromatic carbocycles. The zero-order chi connectivity index (χ0) is 15.6. The Morgan fingerprint density at radius 3 is 2.00 bits per heavy atom. The summed E-state index contributed by atoms with van der Waals surface area (Å²) in [5.74, 6) is 1.02. The molecule has 116 valence electrons. The SMILES string of the molecule is CCS(C)(N[S@](=O)C(C)(C)c1ccccc1)C(C)(C)C. The second-order valence-electron chi connectivity index (χ2n) is 6.72. The van der Waals surface area contributed by atoms with Gasteiger partial charge in [0.05, 0.1) is 4.75 Å². The van der Waals surface area contributed by atoms with Gasteiger partial charge in [0, 0.05) is 4.75 Å². The molecule has 0 aliphatic heterocycles. The molecule has 4 heteroatoms. The molecule has 2 atom stereocenters. The van der Waals surface area contributed by atoms with Crippen molar-refractivity contribution < 1.29 is 4.21 Å². The van der Waals surface area contributed by atoms with Gasteiger partial charge in [0.25, 0.3) is 0 Å². The molecule has 2 nitrogen and oxygen atoms in total. The van der Waals surface area contributed by atoms with Gasteiger partial charge in [-0.1, -0.05) is 58.0 Å². The second-order valence-corrected chi connectivity index (χ2v) is 12.9. The third-order valence-electron chi connectivity index (χ3n) is 4.12. The average Bonchev–Trinajstić information content (AvgIpc) is 2.38. The van der Waals surface area contributed by atoms with Gasteiger partial charge in [-0.3, -0.25) is 0 Å². The first-order chi connectivity index (χ1) is 9.04. The molecule has 0 amide bonds. The molecule has 1 rings (SSSR count). The summed E-state index contributed by atoms with van der Waals surface area (Å²) in [4.78, 5) is 0. The molecule has 0 fully saturated rings. The molecule has 20 heavy (non-hydrogen) atoms. The molecule has 0 aromatic heterocycles. The van der Waals surface area contributed by atoms with E-state index in [1.54, 1.807) is 0 Å².